The Balaban J connectivity index is 1.84. The zero-order chi connectivity index (χ0) is 15.5. The normalized spacial score (nSPS) is 13.9. The summed E-state index contributed by atoms with van der Waals surface area (Å²) in [5.41, 5.74) is 0.898. The van der Waals surface area contributed by atoms with Crippen LogP contribution in [0.15, 0.2) is 47.6 Å². The van der Waals surface area contributed by atoms with E-state index in [4.69, 9.17) is 23.2 Å². The zero-order valence-corrected chi connectivity index (χ0v) is 13.0. The number of carbonyl (C=O) groups is 1. The molecule has 7 heteroatoms. The molecule has 0 spiro atoms. The summed E-state index contributed by atoms with van der Waals surface area (Å²) in [7, 11) is 0. The number of guanidine groups is 1. The number of halogens is 2. The van der Waals surface area contributed by atoms with E-state index in [2.05, 4.69) is 15.3 Å². The summed E-state index contributed by atoms with van der Waals surface area (Å²) >= 11 is 12.3. The molecule has 1 aromatic carbocycles. The summed E-state index contributed by atoms with van der Waals surface area (Å²) in [5, 5.41) is 3.97. The number of rotatable bonds is 2. The molecule has 0 saturated heterocycles. The van der Waals surface area contributed by atoms with Gasteiger partial charge in [-0.25, -0.2) is 0 Å². The predicted octanol–water partition coefficient (Wildman–Crippen LogP) is 3.31. The maximum Gasteiger partial charge on any atom is 0.279 e. The molecule has 1 aromatic heterocycles. The van der Waals surface area contributed by atoms with E-state index < -0.39 is 0 Å². The summed E-state index contributed by atoms with van der Waals surface area (Å²) in [6, 6.07) is 10.4. The molecule has 1 amide bonds. The molecule has 0 aliphatic carbocycles. The Hall–Kier alpha value is -2.11. The van der Waals surface area contributed by atoms with Crippen molar-refractivity contribution < 1.29 is 4.79 Å². The van der Waals surface area contributed by atoms with Crippen molar-refractivity contribution in [2.75, 3.05) is 18.4 Å². The number of hydrogen-bond acceptors (Lipinski definition) is 4. The van der Waals surface area contributed by atoms with E-state index >= 15 is 0 Å². The van der Waals surface area contributed by atoms with Gasteiger partial charge < -0.3 is 5.32 Å². The molecular weight excluding hydrogens is 323 g/mol. The first-order chi connectivity index (χ1) is 10.7. The number of nitrogens with one attached hydrogen (secondary N) is 1. The SMILES string of the molecule is O=C(c1ccccn1)N1CCN=C1Nc1c(Cl)cccc1Cl. The molecule has 0 saturated carbocycles. The van der Waals surface area contributed by atoms with Gasteiger partial charge in [0, 0.05) is 12.7 Å². The minimum atomic E-state index is -0.215. The van der Waals surface area contributed by atoms with Gasteiger partial charge in [-0.2, -0.15) is 0 Å². The van der Waals surface area contributed by atoms with Crippen LogP contribution in [0.25, 0.3) is 0 Å². The van der Waals surface area contributed by atoms with Crippen LogP contribution in [0.2, 0.25) is 10.0 Å². The Morgan fingerprint density at radius 2 is 1.91 bits per heavy atom. The second kappa shape index (κ2) is 6.34. The zero-order valence-electron chi connectivity index (χ0n) is 11.5. The molecule has 5 nitrogen and oxygen atoms in total. The van der Waals surface area contributed by atoms with Crippen molar-refractivity contribution in [1.29, 1.82) is 0 Å². The maximum atomic E-state index is 12.5. The highest BCUT2D eigenvalue weighted by molar-refractivity contribution is 6.39. The van der Waals surface area contributed by atoms with Crippen molar-refractivity contribution in [1.82, 2.24) is 9.88 Å². The van der Waals surface area contributed by atoms with E-state index in [9.17, 15) is 4.79 Å². The van der Waals surface area contributed by atoms with Crippen molar-refractivity contribution in [2.45, 2.75) is 0 Å². The molecule has 1 aliphatic rings. The second-order valence-electron chi connectivity index (χ2n) is 4.60. The highest BCUT2D eigenvalue weighted by atomic mass is 35.5. The van der Waals surface area contributed by atoms with E-state index in [0.29, 0.717) is 40.5 Å². The Morgan fingerprint density at radius 3 is 2.59 bits per heavy atom. The topological polar surface area (TPSA) is 57.6 Å². The second-order valence-corrected chi connectivity index (χ2v) is 5.41. The third-order valence-electron chi connectivity index (χ3n) is 3.17. The van der Waals surface area contributed by atoms with Gasteiger partial charge in [-0.3, -0.25) is 19.7 Å². The average molecular weight is 335 g/mol. The molecule has 0 atom stereocenters. The van der Waals surface area contributed by atoms with E-state index in [1.54, 1.807) is 42.6 Å². The average Bonchev–Trinajstić information content (AvgIpc) is 2.99. The van der Waals surface area contributed by atoms with Crippen LogP contribution in [0.4, 0.5) is 5.69 Å². The Morgan fingerprint density at radius 1 is 1.14 bits per heavy atom. The van der Waals surface area contributed by atoms with Gasteiger partial charge >= 0.3 is 0 Å². The first kappa shape index (κ1) is 14.8. The molecule has 0 unspecified atom stereocenters. The molecule has 112 valence electrons. The molecule has 2 heterocycles. The van der Waals surface area contributed by atoms with E-state index in [1.807, 2.05) is 0 Å². The van der Waals surface area contributed by atoms with Gasteiger partial charge in [-0.05, 0) is 24.3 Å². The predicted molar refractivity (Wildman–Crippen MR) is 87.7 cm³/mol. The number of aliphatic imine (C=N–C) groups is 1. The largest absolute Gasteiger partial charge is 0.323 e. The summed E-state index contributed by atoms with van der Waals surface area (Å²) in [6.07, 6.45) is 1.58. The molecule has 0 bridgehead atoms. The van der Waals surface area contributed by atoms with Crippen molar-refractivity contribution in [3.05, 3.63) is 58.3 Å². The molecule has 1 aliphatic heterocycles. The van der Waals surface area contributed by atoms with E-state index in [-0.39, 0.29) is 5.91 Å². The van der Waals surface area contributed by atoms with Crippen LogP contribution in [-0.4, -0.2) is 34.8 Å². The fourth-order valence-electron chi connectivity index (χ4n) is 2.11. The van der Waals surface area contributed by atoms with E-state index in [0.717, 1.165) is 0 Å². The summed E-state index contributed by atoms with van der Waals surface area (Å²) < 4.78 is 0. The molecule has 0 radical (unpaired) electrons. The molecule has 3 rings (SSSR count). The standard InChI is InChI=1S/C15H12Cl2N4O/c16-10-4-3-5-11(17)13(10)20-15-19-8-9-21(15)14(22)12-6-1-2-7-18-12/h1-7H,8-9H2,(H,19,20). The van der Waals surface area contributed by atoms with E-state index in [1.165, 1.54) is 4.90 Å². The van der Waals surface area contributed by atoms with Crippen LogP contribution in [0.5, 0.6) is 0 Å². The number of amides is 1. The van der Waals surface area contributed by atoms with Crippen molar-refractivity contribution >= 4 is 40.8 Å². The first-order valence-corrected chi connectivity index (χ1v) is 7.41. The van der Waals surface area contributed by atoms with Gasteiger partial charge in [0.1, 0.15) is 5.69 Å². The number of carbonyl (C=O) groups excluding carboxylic acids is 1. The van der Waals surface area contributed by atoms with Crippen LogP contribution < -0.4 is 5.32 Å². The molecule has 22 heavy (non-hydrogen) atoms. The molecular formula is C15H12Cl2N4O. The number of hydrogen-bond donors (Lipinski definition) is 1. The molecule has 2 aromatic rings. The Kier molecular flexibility index (Phi) is 4.27. The van der Waals surface area contributed by atoms with Gasteiger partial charge in [0.15, 0.2) is 0 Å². The lowest BCUT2D eigenvalue weighted by molar-refractivity contribution is 0.0852. The lowest BCUT2D eigenvalue weighted by atomic mass is 10.3. The van der Waals surface area contributed by atoms with Crippen molar-refractivity contribution in [3.8, 4) is 0 Å². The minimum Gasteiger partial charge on any atom is -0.323 e. The smallest absolute Gasteiger partial charge is 0.279 e. The number of benzene rings is 1. The Bertz CT molecular complexity index is 713. The summed E-state index contributed by atoms with van der Waals surface area (Å²) in [5.74, 6) is 0.207. The van der Waals surface area contributed by atoms with Gasteiger partial charge in [-0.15, -0.1) is 0 Å². The van der Waals surface area contributed by atoms with Crippen LogP contribution >= 0.6 is 23.2 Å². The van der Waals surface area contributed by atoms with Gasteiger partial charge in [0.25, 0.3) is 5.91 Å². The number of pyridine rings is 1. The molecule has 1 N–H and O–H groups in total. The van der Waals surface area contributed by atoms with Gasteiger partial charge in [0.05, 0.1) is 22.3 Å². The van der Waals surface area contributed by atoms with Crippen LogP contribution in [0.1, 0.15) is 10.5 Å². The van der Waals surface area contributed by atoms with Gasteiger partial charge in [-0.1, -0.05) is 35.3 Å². The monoisotopic (exact) mass is 334 g/mol. The van der Waals surface area contributed by atoms with Crippen LogP contribution in [0, 0.1) is 0 Å². The number of anilines is 1. The first-order valence-electron chi connectivity index (χ1n) is 6.65. The Labute approximate surface area is 137 Å². The molecule has 0 fully saturated rings. The summed E-state index contributed by atoms with van der Waals surface area (Å²) in [6.45, 7) is 1.00. The third-order valence-corrected chi connectivity index (χ3v) is 3.80. The minimum absolute atomic E-state index is 0.215. The fraction of sp³-hybridized carbons (Fsp3) is 0.133. The lowest BCUT2D eigenvalue weighted by Gasteiger charge is -2.19. The number of para-hydroxylation sites is 1. The quantitative estimate of drug-likeness (QED) is 0.916. The maximum absolute atomic E-state index is 12.5. The highest BCUT2D eigenvalue weighted by Gasteiger charge is 2.26. The van der Waals surface area contributed by atoms with Gasteiger partial charge in [0.2, 0.25) is 5.96 Å². The third kappa shape index (κ3) is 2.91. The van der Waals surface area contributed by atoms with Crippen LogP contribution in [-0.2, 0) is 0 Å². The number of nitrogens with zero attached hydrogens (tertiary/aromatic N) is 3. The van der Waals surface area contributed by atoms with Crippen molar-refractivity contribution in [2.24, 2.45) is 4.99 Å². The highest BCUT2D eigenvalue weighted by Crippen LogP contribution is 2.30. The lowest BCUT2D eigenvalue weighted by Crippen LogP contribution is -2.38. The fourth-order valence-corrected chi connectivity index (χ4v) is 2.60. The van der Waals surface area contributed by atoms with Crippen LogP contribution in [0.3, 0.4) is 0 Å². The summed E-state index contributed by atoms with van der Waals surface area (Å²) in [4.78, 5) is 22.4. The van der Waals surface area contributed by atoms with Crippen molar-refractivity contribution in [3.63, 3.8) is 0 Å². The number of aromatic nitrogens is 1.